The molecule has 4 rings (SSSR count). The van der Waals surface area contributed by atoms with Crippen molar-refractivity contribution >= 4 is 6.29 Å². The summed E-state index contributed by atoms with van der Waals surface area (Å²) in [6.45, 7) is 7.47. The van der Waals surface area contributed by atoms with Crippen LogP contribution in [0, 0.1) is 34.0 Å². The van der Waals surface area contributed by atoms with Gasteiger partial charge in [0, 0.05) is 6.42 Å². The van der Waals surface area contributed by atoms with Gasteiger partial charge >= 0.3 is 0 Å². The molecule has 0 radical (unpaired) electrons. The number of carbonyl (C=O) groups excluding carboxylic acids is 1. The zero-order valence-corrected chi connectivity index (χ0v) is 14.0. The maximum atomic E-state index is 11.0. The zero-order valence-electron chi connectivity index (χ0n) is 14.0. The Morgan fingerprint density at radius 2 is 2.00 bits per heavy atom. The Labute approximate surface area is 129 Å². The molecule has 0 unspecified atom stereocenters. The molecule has 0 N–H and O–H groups in total. The fourth-order valence-electron chi connectivity index (χ4n) is 6.70. The predicted molar refractivity (Wildman–Crippen MR) is 85.9 cm³/mol. The molecular formula is C20H30O. The summed E-state index contributed by atoms with van der Waals surface area (Å²) < 4.78 is 0. The summed E-state index contributed by atoms with van der Waals surface area (Å²) in [6.07, 6.45) is 14.0. The van der Waals surface area contributed by atoms with E-state index in [4.69, 9.17) is 0 Å². The second-order valence-electron chi connectivity index (χ2n) is 9.44. The van der Waals surface area contributed by atoms with Gasteiger partial charge in [0.15, 0.2) is 0 Å². The highest BCUT2D eigenvalue weighted by atomic mass is 16.1. The molecule has 4 aliphatic rings. The maximum Gasteiger partial charge on any atom is 0.120 e. The molecule has 0 amide bonds. The van der Waals surface area contributed by atoms with Crippen LogP contribution in [0.25, 0.3) is 0 Å². The van der Waals surface area contributed by atoms with E-state index in [0.717, 1.165) is 36.9 Å². The topological polar surface area (TPSA) is 17.1 Å². The van der Waals surface area contributed by atoms with Crippen LogP contribution in [0.5, 0.6) is 0 Å². The van der Waals surface area contributed by atoms with Crippen molar-refractivity contribution in [3.8, 4) is 0 Å². The lowest BCUT2D eigenvalue weighted by Crippen LogP contribution is -2.46. The Hall–Kier alpha value is -0.590. The van der Waals surface area contributed by atoms with Gasteiger partial charge in [-0.3, -0.25) is 0 Å². The SMILES string of the molecule is C[C@]1(CC=O)CC=C2[C@H](CC[C@@H]3[C@@]4(C)C[C@H]4CC[C@@]23C)C1. The number of aldehydes is 1. The number of allylic oxidation sites excluding steroid dienone is 2. The number of fused-ring (bicyclic) bond motifs is 5. The fourth-order valence-corrected chi connectivity index (χ4v) is 6.70. The Balaban J connectivity index is 1.66. The average Bonchev–Trinajstić information content (AvgIpc) is 3.09. The highest BCUT2D eigenvalue weighted by molar-refractivity contribution is 5.51. The molecule has 0 heterocycles. The van der Waals surface area contributed by atoms with Gasteiger partial charge in [0.1, 0.15) is 6.29 Å². The molecule has 21 heavy (non-hydrogen) atoms. The summed E-state index contributed by atoms with van der Waals surface area (Å²) in [4.78, 5) is 11.0. The molecule has 3 fully saturated rings. The van der Waals surface area contributed by atoms with Crippen LogP contribution < -0.4 is 0 Å². The minimum absolute atomic E-state index is 0.236. The Kier molecular flexibility index (Phi) is 2.83. The molecule has 1 heteroatoms. The summed E-state index contributed by atoms with van der Waals surface area (Å²) in [5, 5.41) is 0. The largest absolute Gasteiger partial charge is 0.303 e. The third-order valence-corrected chi connectivity index (χ3v) is 8.07. The first-order chi connectivity index (χ1) is 9.91. The van der Waals surface area contributed by atoms with Gasteiger partial charge in [0.2, 0.25) is 0 Å². The summed E-state index contributed by atoms with van der Waals surface area (Å²) in [6, 6.07) is 0. The van der Waals surface area contributed by atoms with Crippen LogP contribution >= 0.6 is 0 Å². The van der Waals surface area contributed by atoms with E-state index in [-0.39, 0.29) is 5.41 Å². The minimum Gasteiger partial charge on any atom is -0.303 e. The third kappa shape index (κ3) is 1.85. The van der Waals surface area contributed by atoms with Crippen LogP contribution in [0.3, 0.4) is 0 Å². The fraction of sp³-hybridized carbons (Fsp3) is 0.850. The van der Waals surface area contributed by atoms with E-state index in [1.807, 2.05) is 0 Å². The van der Waals surface area contributed by atoms with Crippen LogP contribution in [-0.4, -0.2) is 6.29 Å². The molecule has 0 aromatic heterocycles. The predicted octanol–water partition coefficient (Wildman–Crippen LogP) is 5.15. The maximum absolute atomic E-state index is 11.0. The van der Waals surface area contributed by atoms with Gasteiger partial charge in [-0.1, -0.05) is 32.4 Å². The molecule has 1 nitrogen and oxygen atoms in total. The first-order valence-electron chi connectivity index (χ1n) is 9.05. The van der Waals surface area contributed by atoms with Gasteiger partial charge in [-0.15, -0.1) is 0 Å². The van der Waals surface area contributed by atoms with E-state index in [9.17, 15) is 4.79 Å². The molecule has 0 aromatic rings. The summed E-state index contributed by atoms with van der Waals surface area (Å²) in [7, 11) is 0. The molecule has 0 saturated heterocycles. The lowest BCUT2D eigenvalue weighted by molar-refractivity contribution is -0.110. The van der Waals surface area contributed by atoms with Gasteiger partial charge in [0.25, 0.3) is 0 Å². The van der Waals surface area contributed by atoms with Crippen molar-refractivity contribution in [2.45, 2.75) is 72.1 Å². The molecule has 0 aliphatic heterocycles. The monoisotopic (exact) mass is 286 g/mol. The van der Waals surface area contributed by atoms with Gasteiger partial charge in [0.05, 0.1) is 0 Å². The van der Waals surface area contributed by atoms with E-state index in [1.54, 1.807) is 5.57 Å². The molecule has 3 saturated carbocycles. The molecule has 4 aliphatic carbocycles. The molecule has 0 bridgehead atoms. The van der Waals surface area contributed by atoms with Crippen molar-refractivity contribution in [2.24, 2.45) is 34.0 Å². The normalized spacial score (nSPS) is 54.8. The van der Waals surface area contributed by atoms with Crippen molar-refractivity contribution in [1.82, 2.24) is 0 Å². The number of rotatable bonds is 2. The van der Waals surface area contributed by atoms with Gasteiger partial charge in [-0.25, -0.2) is 0 Å². The first kappa shape index (κ1) is 14.0. The van der Waals surface area contributed by atoms with Gasteiger partial charge in [-0.05, 0) is 78.9 Å². The molecule has 116 valence electrons. The summed E-state index contributed by atoms with van der Waals surface area (Å²) in [5.41, 5.74) is 3.18. The van der Waals surface area contributed by atoms with E-state index in [1.165, 1.54) is 38.5 Å². The smallest absolute Gasteiger partial charge is 0.120 e. The molecule has 0 spiro atoms. The van der Waals surface area contributed by atoms with E-state index >= 15 is 0 Å². The van der Waals surface area contributed by atoms with Crippen LogP contribution in [0.4, 0.5) is 0 Å². The third-order valence-electron chi connectivity index (χ3n) is 8.07. The quantitative estimate of drug-likeness (QED) is 0.506. The molecule has 0 aromatic carbocycles. The van der Waals surface area contributed by atoms with Crippen LogP contribution in [0.1, 0.15) is 72.1 Å². The van der Waals surface area contributed by atoms with Crippen LogP contribution in [0.2, 0.25) is 0 Å². The van der Waals surface area contributed by atoms with E-state index in [2.05, 4.69) is 26.8 Å². The standard InChI is InChI=1S/C20H30O/c1-18(10-11-21)8-7-16-14(12-18)4-5-17-19(16,2)9-6-15-13-20(15,17)3/h7,11,14-15,17H,4-6,8-10,12-13H2,1-3H3/t14-,15-,17+,18-,19+,20+/m1/s1. The molecule has 6 atom stereocenters. The number of hydrogen-bond donors (Lipinski definition) is 0. The van der Waals surface area contributed by atoms with E-state index < -0.39 is 0 Å². The van der Waals surface area contributed by atoms with Gasteiger partial charge < -0.3 is 4.79 Å². The van der Waals surface area contributed by atoms with Gasteiger partial charge in [-0.2, -0.15) is 0 Å². The minimum atomic E-state index is 0.236. The van der Waals surface area contributed by atoms with Crippen molar-refractivity contribution in [3.63, 3.8) is 0 Å². The zero-order chi connectivity index (χ0) is 14.9. The van der Waals surface area contributed by atoms with Crippen molar-refractivity contribution in [2.75, 3.05) is 0 Å². The highest BCUT2D eigenvalue weighted by Gasteiger charge is 2.65. The second-order valence-corrected chi connectivity index (χ2v) is 9.44. The van der Waals surface area contributed by atoms with Crippen molar-refractivity contribution in [1.29, 1.82) is 0 Å². The van der Waals surface area contributed by atoms with Crippen LogP contribution in [0.15, 0.2) is 11.6 Å². The summed E-state index contributed by atoms with van der Waals surface area (Å²) >= 11 is 0. The van der Waals surface area contributed by atoms with E-state index in [0.29, 0.717) is 10.8 Å². The lowest BCUT2D eigenvalue weighted by atomic mass is 9.49. The van der Waals surface area contributed by atoms with Crippen LogP contribution in [-0.2, 0) is 4.79 Å². The Morgan fingerprint density at radius 3 is 2.76 bits per heavy atom. The Bertz CT molecular complexity index is 506. The number of hydrogen-bond acceptors (Lipinski definition) is 1. The first-order valence-corrected chi connectivity index (χ1v) is 9.05. The number of carbonyl (C=O) groups is 1. The van der Waals surface area contributed by atoms with Crippen molar-refractivity contribution < 1.29 is 4.79 Å². The molecular weight excluding hydrogens is 256 g/mol. The van der Waals surface area contributed by atoms with Crippen molar-refractivity contribution in [3.05, 3.63) is 11.6 Å². The Morgan fingerprint density at radius 1 is 1.19 bits per heavy atom. The lowest BCUT2D eigenvalue weighted by Gasteiger charge is -2.55. The highest BCUT2D eigenvalue weighted by Crippen LogP contribution is 2.73. The summed E-state index contributed by atoms with van der Waals surface area (Å²) in [5.74, 6) is 2.74. The second kappa shape index (κ2) is 4.24. The average molecular weight is 286 g/mol.